The van der Waals surface area contributed by atoms with Crippen LogP contribution in [-0.2, 0) is 5.41 Å². The summed E-state index contributed by atoms with van der Waals surface area (Å²) < 4.78 is 2.36. The predicted molar refractivity (Wildman–Crippen MR) is 202 cm³/mol. The number of allylic oxidation sites excluding steroid dienone is 4. The lowest BCUT2D eigenvalue weighted by Crippen LogP contribution is -2.18. The zero-order valence-electron chi connectivity index (χ0n) is 27.6. The molecule has 7 aromatic rings. The van der Waals surface area contributed by atoms with Gasteiger partial charge in [0.05, 0.1) is 11.0 Å². The molecule has 48 heavy (non-hydrogen) atoms. The molecule has 0 N–H and O–H groups in total. The van der Waals surface area contributed by atoms with Gasteiger partial charge in [0.25, 0.3) is 0 Å². The van der Waals surface area contributed by atoms with Crippen LogP contribution in [0.4, 0.5) is 17.2 Å². The highest BCUT2D eigenvalue weighted by atomic mass is 15.2. The Bertz CT molecular complexity index is 2390. The molecule has 2 heterocycles. The largest absolute Gasteiger partial charge is 0.309 e. The fourth-order valence-electron chi connectivity index (χ4n) is 8.01. The summed E-state index contributed by atoms with van der Waals surface area (Å²) in [4.78, 5) is 7.10. The van der Waals surface area contributed by atoms with E-state index in [0.717, 1.165) is 23.6 Å². The molecule has 0 saturated heterocycles. The third kappa shape index (κ3) is 4.46. The number of benzene rings is 5. The molecule has 0 spiro atoms. The first-order valence-corrected chi connectivity index (χ1v) is 16.9. The van der Waals surface area contributed by atoms with Crippen LogP contribution in [0.2, 0.25) is 0 Å². The Morgan fingerprint density at radius 2 is 1.42 bits per heavy atom. The average molecular weight is 620 g/mol. The minimum absolute atomic E-state index is 0.0424. The molecule has 2 aliphatic carbocycles. The van der Waals surface area contributed by atoms with Crippen molar-refractivity contribution in [2.24, 2.45) is 5.92 Å². The minimum Gasteiger partial charge on any atom is -0.309 e. The van der Waals surface area contributed by atoms with E-state index in [1.165, 1.54) is 60.9 Å². The van der Waals surface area contributed by atoms with Gasteiger partial charge in [-0.25, -0.2) is 4.98 Å². The number of rotatable bonds is 5. The maximum atomic E-state index is 4.82. The van der Waals surface area contributed by atoms with Crippen molar-refractivity contribution in [1.82, 2.24) is 9.55 Å². The fraction of sp³-hybridized carbons (Fsp3) is 0.133. The van der Waals surface area contributed by atoms with Crippen molar-refractivity contribution in [2.75, 3.05) is 4.90 Å². The first kappa shape index (κ1) is 28.5. The Hall–Kier alpha value is -5.67. The van der Waals surface area contributed by atoms with Crippen molar-refractivity contribution < 1.29 is 0 Å². The van der Waals surface area contributed by atoms with E-state index in [2.05, 4.69) is 170 Å². The zero-order chi connectivity index (χ0) is 32.4. The lowest BCUT2D eigenvalue weighted by atomic mass is 9.79. The molecular weight excluding hydrogens is 583 g/mol. The van der Waals surface area contributed by atoms with Crippen LogP contribution < -0.4 is 4.90 Å². The lowest BCUT2D eigenvalue weighted by Gasteiger charge is -2.28. The summed E-state index contributed by atoms with van der Waals surface area (Å²) >= 11 is 0. The number of hydrogen-bond donors (Lipinski definition) is 0. The summed E-state index contributed by atoms with van der Waals surface area (Å²) in [6, 6.07) is 48.3. The van der Waals surface area contributed by atoms with Gasteiger partial charge < -0.3 is 4.57 Å². The molecule has 3 heteroatoms. The van der Waals surface area contributed by atoms with Crippen molar-refractivity contribution in [2.45, 2.75) is 32.6 Å². The van der Waals surface area contributed by atoms with Gasteiger partial charge >= 0.3 is 0 Å². The van der Waals surface area contributed by atoms with E-state index in [4.69, 9.17) is 4.98 Å². The molecule has 0 aliphatic heterocycles. The number of para-hydroxylation sites is 2. The lowest BCUT2D eigenvalue weighted by molar-refractivity contribution is 0.643. The Balaban J connectivity index is 1.12. The number of nitrogens with zero attached hydrogens (tertiary/aromatic N) is 3. The average Bonchev–Trinajstić information content (AvgIpc) is 3.57. The number of aromatic nitrogens is 2. The molecule has 0 fully saturated rings. The van der Waals surface area contributed by atoms with E-state index in [0.29, 0.717) is 5.92 Å². The van der Waals surface area contributed by atoms with E-state index in [1.807, 2.05) is 12.3 Å². The van der Waals surface area contributed by atoms with Crippen molar-refractivity contribution in [1.29, 1.82) is 0 Å². The third-order valence-corrected chi connectivity index (χ3v) is 10.4. The molecule has 2 aromatic heterocycles. The molecule has 5 aromatic carbocycles. The zero-order valence-corrected chi connectivity index (χ0v) is 27.6. The summed E-state index contributed by atoms with van der Waals surface area (Å²) in [5.74, 6) is 1.47. The van der Waals surface area contributed by atoms with E-state index >= 15 is 0 Å². The molecule has 2 aliphatic rings. The standard InChI is InChI=1S/C45H37N3/c1-30-16-24-40-38(27-30)36-23-22-35(29-41(36)45(40,2)3)47(44-15-9-10-26-46-44)34-20-17-31(18-21-34)32-19-25-43-39(28-32)37-13-7-8-14-42(37)48(43)33-11-5-4-6-12-33/h4-26,28-30H,27H2,1-3H3. The number of anilines is 3. The SMILES string of the molecule is CC1C=CC2=C(C1)c1ccc(N(c3ccc(-c4ccc5c(c4)c4ccccc4n5-c4ccccc4)cc3)c3ccccn3)cc1C2(C)C. The molecule has 0 saturated carbocycles. The van der Waals surface area contributed by atoms with Gasteiger partial charge in [0.15, 0.2) is 0 Å². The summed E-state index contributed by atoms with van der Waals surface area (Å²) in [6.45, 7) is 7.05. The van der Waals surface area contributed by atoms with Crippen LogP contribution in [-0.4, -0.2) is 9.55 Å². The third-order valence-electron chi connectivity index (χ3n) is 10.4. The van der Waals surface area contributed by atoms with Gasteiger partial charge in [0.2, 0.25) is 0 Å². The Kier molecular flexibility index (Phi) is 6.52. The van der Waals surface area contributed by atoms with Crippen LogP contribution in [0.3, 0.4) is 0 Å². The van der Waals surface area contributed by atoms with E-state index in [9.17, 15) is 0 Å². The van der Waals surface area contributed by atoms with E-state index in [1.54, 1.807) is 0 Å². The van der Waals surface area contributed by atoms with Crippen LogP contribution >= 0.6 is 0 Å². The van der Waals surface area contributed by atoms with Crippen molar-refractivity contribution in [3.8, 4) is 16.8 Å². The number of hydrogen-bond acceptors (Lipinski definition) is 2. The maximum Gasteiger partial charge on any atom is 0.137 e. The van der Waals surface area contributed by atoms with Gasteiger partial charge in [-0.15, -0.1) is 0 Å². The molecule has 0 bridgehead atoms. The van der Waals surface area contributed by atoms with Crippen LogP contribution in [0.25, 0.3) is 44.2 Å². The van der Waals surface area contributed by atoms with Gasteiger partial charge in [-0.1, -0.05) is 99.7 Å². The molecule has 3 nitrogen and oxygen atoms in total. The highest BCUT2D eigenvalue weighted by Gasteiger charge is 2.38. The summed E-state index contributed by atoms with van der Waals surface area (Å²) in [5.41, 5.74) is 13.9. The first-order chi connectivity index (χ1) is 23.5. The quantitative estimate of drug-likeness (QED) is 0.191. The van der Waals surface area contributed by atoms with Crippen molar-refractivity contribution >= 4 is 44.6 Å². The molecule has 9 rings (SSSR count). The number of fused-ring (bicyclic) bond motifs is 5. The van der Waals surface area contributed by atoms with Crippen molar-refractivity contribution in [3.05, 3.63) is 169 Å². The second-order valence-electron chi connectivity index (χ2n) is 13.8. The first-order valence-electron chi connectivity index (χ1n) is 16.9. The van der Waals surface area contributed by atoms with Gasteiger partial charge in [-0.3, -0.25) is 4.90 Å². The Morgan fingerprint density at radius 3 is 2.23 bits per heavy atom. The summed E-state index contributed by atoms with van der Waals surface area (Å²) in [7, 11) is 0. The van der Waals surface area contributed by atoms with Gasteiger partial charge in [0, 0.05) is 39.4 Å². The van der Waals surface area contributed by atoms with E-state index < -0.39 is 0 Å². The van der Waals surface area contributed by atoms with Crippen LogP contribution in [0.1, 0.15) is 38.3 Å². The van der Waals surface area contributed by atoms with Gasteiger partial charge in [0.1, 0.15) is 5.82 Å². The highest BCUT2D eigenvalue weighted by molar-refractivity contribution is 6.10. The van der Waals surface area contributed by atoms with Gasteiger partial charge in [-0.05, 0) is 112 Å². The topological polar surface area (TPSA) is 21.1 Å². The molecule has 232 valence electrons. The molecule has 0 radical (unpaired) electrons. The fourth-order valence-corrected chi connectivity index (χ4v) is 8.01. The molecular formula is C45H37N3. The second-order valence-corrected chi connectivity index (χ2v) is 13.8. The van der Waals surface area contributed by atoms with Crippen molar-refractivity contribution in [3.63, 3.8) is 0 Å². The monoisotopic (exact) mass is 619 g/mol. The molecule has 1 atom stereocenters. The predicted octanol–water partition coefficient (Wildman–Crippen LogP) is 12.0. The molecule has 1 unspecified atom stereocenters. The number of pyridine rings is 1. The molecule has 0 amide bonds. The van der Waals surface area contributed by atoms with Gasteiger partial charge in [-0.2, -0.15) is 0 Å². The smallest absolute Gasteiger partial charge is 0.137 e. The minimum atomic E-state index is -0.0424. The Morgan fingerprint density at radius 1 is 0.688 bits per heavy atom. The Labute approximate surface area is 282 Å². The highest BCUT2D eigenvalue weighted by Crippen LogP contribution is 2.52. The van der Waals surface area contributed by atoms with E-state index in [-0.39, 0.29) is 5.41 Å². The van der Waals surface area contributed by atoms with Crippen LogP contribution in [0.5, 0.6) is 0 Å². The summed E-state index contributed by atoms with van der Waals surface area (Å²) in [5, 5.41) is 2.52. The van der Waals surface area contributed by atoms with Crippen LogP contribution in [0.15, 0.2) is 157 Å². The normalized spacial score (nSPS) is 16.4. The summed E-state index contributed by atoms with van der Waals surface area (Å²) in [6.07, 6.45) is 7.72. The second kappa shape index (κ2) is 11.0. The van der Waals surface area contributed by atoms with Crippen LogP contribution in [0, 0.1) is 5.92 Å². The maximum absolute atomic E-state index is 4.82.